The zero-order valence-electron chi connectivity index (χ0n) is 8.89. The fourth-order valence-corrected chi connectivity index (χ4v) is 2.26. The zero-order chi connectivity index (χ0) is 11.0. The molecule has 0 aromatic rings. The summed E-state index contributed by atoms with van der Waals surface area (Å²) in [6, 6.07) is 0. The molecule has 1 fully saturated rings. The summed E-state index contributed by atoms with van der Waals surface area (Å²) < 4.78 is 0. The Balaban J connectivity index is 2.75. The predicted octanol–water partition coefficient (Wildman–Crippen LogP) is 1.79. The molecular formula is C10H17NO3. The van der Waals surface area contributed by atoms with Gasteiger partial charge in [0.25, 0.3) is 0 Å². The van der Waals surface area contributed by atoms with Crippen molar-refractivity contribution in [3.05, 3.63) is 0 Å². The molecule has 1 atom stereocenters. The molecule has 2 N–H and O–H groups in total. The predicted molar refractivity (Wildman–Crippen MR) is 52.2 cm³/mol. The maximum Gasteiger partial charge on any atom is 0.405 e. The summed E-state index contributed by atoms with van der Waals surface area (Å²) in [5.74, 6) is 0.224. The molecule has 0 radical (unpaired) electrons. The Morgan fingerprint density at radius 2 is 2.00 bits per heavy atom. The van der Waals surface area contributed by atoms with Crippen LogP contribution >= 0.6 is 0 Å². The molecule has 0 bridgehead atoms. The van der Waals surface area contributed by atoms with Gasteiger partial charge in [0, 0.05) is 17.4 Å². The normalized spacial score (nSPS) is 31.2. The molecule has 1 aliphatic carbocycles. The van der Waals surface area contributed by atoms with Crippen LogP contribution in [0.4, 0.5) is 4.79 Å². The van der Waals surface area contributed by atoms with Gasteiger partial charge in [0.05, 0.1) is 0 Å². The smallest absolute Gasteiger partial charge is 0.405 e. The number of hydrogen-bond acceptors (Lipinski definition) is 2. The molecular weight excluding hydrogens is 182 g/mol. The van der Waals surface area contributed by atoms with Crippen molar-refractivity contribution in [3.63, 3.8) is 0 Å². The van der Waals surface area contributed by atoms with Crippen LogP contribution in [0.15, 0.2) is 0 Å². The molecule has 0 heterocycles. The van der Waals surface area contributed by atoms with Crippen LogP contribution < -0.4 is 5.32 Å². The third-order valence-corrected chi connectivity index (χ3v) is 2.90. The van der Waals surface area contributed by atoms with Crippen LogP contribution in [-0.2, 0) is 4.79 Å². The van der Waals surface area contributed by atoms with E-state index in [0.717, 1.165) is 0 Å². The van der Waals surface area contributed by atoms with Crippen molar-refractivity contribution in [1.29, 1.82) is 0 Å². The molecule has 0 saturated heterocycles. The van der Waals surface area contributed by atoms with Crippen molar-refractivity contribution in [3.8, 4) is 0 Å². The number of hydrogen-bond donors (Lipinski definition) is 2. The summed E-state index contributed by atoms with van der Waals surface area (Å²) in [6.07, 6.45) is 0.619. The Hall–Kier alpha value is -1.06. The van der Waals surface area contributed by atoms with Crippen molar-refractivity contribution >= 4 is 11.9 Å². The molecule has 14 heavy (non-hydrogen) atoms. The van der Waals surface area contributed by atoms with Gasteiger partial charge in [-0.15, -0.1) is 0 Å². The third-order valence-electron chi connectivity index (χ3n) is 2.90. The van der Waals surface area contributed by atoms with Crippen LogP contribution in [0.2, 0.25) is 0 Å². The quantitative estimate of drug-likeness (QED) is 0.676. The third kappa shape index (κ3) is 2.25. The van der Waals surface area contributed by atoms with Gasteiger partial charge < -0.3 is 10.4 Å². The lowest BCUT2D eigenvalue weighted by Gasteiger charge is -2.41. The SMILES string of the molecule is CC1(NC(=O)O)CCC(=O)C(C)(C)C1. The number of nitrogens with one attached hydrogen (secondary N) is 1. The Bertz CT molecular complexity index is 273. The number of carboxylic acid groups (broad SMARTS) is 1. The fraction of sp³-hybridized carbons (Fsp3) is 0.800. The molecule has 1 unspecified atom stereocenters. The van der Waals surface area contributed by atoms with Gasteiger partial charge in [0.1, 0.15) is 5.78 Å². The van der Waals surface area contributed by atoms with Crippen LogP contribution in [0, 0.1) is 5.41 Å². The maximum atomic E-state index is 11.5. The molecule has 1 saturated carbocycles. The summed E-state index contributed by atoms with van der Waals surface area (Å²) >= 11 is 0. The largest absolute Gasteiger partial charge is 0.465 e. The summed E-state index contributed by atoms with van der Waals surface area (Å²) in [4.78, 5) is 22.1. The average Bonchev–Trinajstić information content (AvgIpc) is 1.95. The number of carbonyl (C=O) groups excluding carboxylic acids is 1. The first-order valence-electron chi connectivity index (χ1n) is 4.80. The monoisotopic (exact) mass is 199 g/mol. The standard InChI is InChI=1S/C10H17NO3/c1-9(2)6-10(3,11-8(13)14)5-4-7(9)12/h11H,4-6H2,1-3H3,(H,13,14). The van der Waals surface area contributed by atoms with Crippen LogP contribution in [0.3, 0.4) is 0 Å². The van der Waals surface area contributed by atoms with Gasteiger partial charge in [-0.1, -0.05) is 13.8 Å². The number of amides is 1. The van der Waals surface area contributed by atoms with E-state index in [4.69, 9.17) is 5.11 Å². The molecule has 4 nitrogen and oxygen atoms in total. The number of Topliss-reactive ketones (excluding diaryl/α,β-unsaturated/α-hetero) is 1. The maximum absolute atomic E-state index is 11.5. The van der Waals surface area contributed by atoms with Crippen LogP contribution in [-0.4, -0.2) is 22.5 Å². The Morgan fingerprint density at radius 1 is 1.43 bits per heavy atom. The molecule has 0 aliphatic heterocycles. The summed E-state index contributed by atoms with van der Waals surface area (Å²) in [5, 5.41) is 11.2. The van der Waals surface area contributed by atoms with E-state index in [2.05, 4.69) is 5.32 Å². The van der Waals surface area contributed by atoms with E-state index in [-0.39, 0.29) is 5.78 Å². The van der Waals surface area contributed by atoms with Gasteiger partial charge in [-0.25, -0.2) is 4.79 Å². The highest BCUT2D eigenvalue weighted by molar-refractivity contribution is 5.85. The van der Waals surface area contributed by atoms with Gasteiger partial charge in [-0.3, -0.25) is 4.79 Å². The van der Waals surface area contributed by atoms with Gasteiger partial charge in [-0.05, 0) is 19.8 Å². The van der Waals surface area contributed by atoms with Crippen molar-refractivity contribution in [2.45, 2.75) is 45.6 Å². The first-order valence-corrected chi connectivity index (χ1v) is 4.80. The second-order valence-electron chi connectivity index (χ2n) is 4.97. The molecule has 1 rings (SSSR count). The lowest BCUT2D eigenvalue weighted by atomic mass is 9.68. The highest BCUT2D eigenvalue weighted by Gasteiger charge is 2.42. The topological polar surface area (TPSA) is 66.4 Å². The fourth-order valence-electron chi connectivity index (χ4n) is 2.26. The Morgan fingerprint density at radius 3 is 2.43 bits per heavy atom. The van der Waals surface area contributed by atoms with E-state index in [1.807, 2.05) is 20.8 Å². The summed E-state index contributed by atoms with van der Waals surface area (Å²) in [5.41, 5.74) is -0.862. The van der Waals surface area contributed by atoms with E-state index >= 15 is 0 Å². The van der Waals surface area contributed by atoms with Gasteiger partial charge in [0.15, 0.2) is 0 Å². The summed E-state index contributed by atoms with van der Waals surface area (Å²) in [7, 11) is 0. The minimum absolute atomic E-state index is 0.224. The second-order valence-corrected chi connectivity index (χ2v) is 4.97. The summed E-state index contributed by atoms with van der Waals surface area (Å²) in [6.45, 7) is 5.60. The van der Waals surface area contributed by atoms with Crippen LogP contribution in [0.5, 0.6) is 0 Å². The molecule has 4 heteroatoms. The van der Waals surface area contributed by atoms with E-state index in [0.29, 0.717) is 19.3 Å². The Labute approximate surface area is 83.7 Å². The van der Waals surface area contributed by atoms with Gasteiger partial charge >= 0.3 is 6.09 Å². The second kappa shape index (κ2) is 3.26. The van der Waals surface area contributed by atoms with Gasteiger partial charge in [0.2, 0.25) is 0 Å². The van der Waals surface area contributed by atoms with Crippen LogP contribution in [0.25, 0.3) is 0 Å². The number of ketones is 1. The van der Waals surface area contributed by atoms with E-state index < -0.39 is 17.0 Å². The first-order chi connectivity index (χ1) is 6.25. The first kappa shape index (κ1) is 11.0. The van der Waals surface area contributed by atoms with E-state index in [9.17, 15) is 9.59 Å². The molecule has 0 spiro atoms. The lowest BCUT2D eigenvalue weighted by Crippen LogP contribution is -2.53. The number of carbonyl (C=O) groups is 2. The average molecular weight is 199 g/mol. The molecule has 1 amide bonds. The van der Waals surface area contributed by atoms with Crippen molar-refractivity contribution < 1.29 is 14.7 Å². The highest BCUT2D eigenvalue weighted by Crippen LogP contribution is 2.38. The van der Waals surface area contributed by atoms with Crippen molar-refractivity contribution in [2.75, 3.05) is 0 Å². The minimum atomic E-state index is -1.02. The minimum Gasteiger partial charge on any atom is -0.465 e. The zero-order valence-corrected chi connectivity index (χ0v) is 8.89. The van der Waals surface area contributed by atoms with Crippen LogP contribution in [0.1, 0.15) is 40.0 Å². The lowest BCUT2D eigenvalue weighted by molar-refractivity contribution is -0.131. The molecule has 0 aromatic carbocycles. The molecule has 1 aliphatic rings. The van der Waals surface area contributed by atoms with E-state index in [1.54, 1.807) is 0 Å². The van der Waals surface area contributed by atoms with Crippen molar-refractivity contribution in [1.82, 2.24) is 5.32 Å². The number of rotatable bonds is 1. The highest BCUT2D eigenvalue weighted by atomic mass is 16.4. The van der Waals surface area contributed by atoms with Crippen molar-refractivity contribution in [2.24, 2.45) is 5.41 Å². The Kier molecular flexibility index (Phi) is 2.56. The molecule has 80 valence electrons. The molecule has 0 aromatic heterocycles. The van der Waals surface area contributed by atoms with Gasteiger partial charge in [-0.2, -0.15) is 0 Å². The van der Waals surface area contributed by atoms with E-state index in [1.165, 1.54) is 0 Å².